The van der Waals surface area contributed by atoms with E-state index in [1.54, 1.807) is 6.07 Å². The summed E-state index contributed by atoms with van der Waals surface area (Å²) in [5.41, 5.74) is 5.12. The normalized spacial score (nSPS) is 10.1. The lowest BCUT2D eigenvalue weighted by Gasteiger charge is -2.02. The van der Waals surface area contributed by atoms with Crippen LogP contribution in [0, 0.1) is 0 Å². The number of carboxylic acids is 1. The van der Waals surface area contributed by atoms with E-state index in [0.717, 1.165) is 0 Å². The van der Waals surface area contributed by atoms with Crippen molar-refractivity contribution < 1.29 is 14.7 Å². The highest BCUT2D eigenvalue weighted by Crippen LogP contribution is 2.11. The number of anilines is 1. The molecule has 0 aromatic carbocycles. The fourth-order valence-corrected chi connectivity index (χ4v) is 1.92. The molecule has 0 saturated carbocycles. The number of nitrogens with zero attached hydrogens (tertiary/aromatic N) is 3. The van der Waals surface area contributed by atoms with E-state index in [9.17, 15) is 9.59 Å². The second kappa shape index (κ2) is 5.40. The Morgan fingerprint density at radius 1 is 1.32 bits per heavy atom. The van der Waals surface area contributed by atoms with Crippen LogP contribution in [0.15, 0.2) is 17.5 Å². The van der Waals surface area contributed by atoms with Crippen molar-refractivity contribution in [2.24, 2.45) is 5.73 Å². The number of aromatic nitrogens is 3. The molecule has 2 rings (SSSR count). The molecule has 0 spiro atoms. The van der Waals surface area contributed by atoms with E-state index < -0.39 is 11.9 Å². The Morgan fingerprint density at radius 3 is 2.63 bits per heavy atom. The maximum atomic E-state index is 10.8. The van der Waals surface area contributed by atoms with Crippen LogP contribution in [0.1, 0.15) is 26.0 Å². The maximum Gasteiger partial charge on any atom is 0.355 e. The van der Waals surface area contributed by atoms with Crippen LogP contribution in [0.4, 0.5) is 5.82 Å². The van der Waals surface area contributed by atoms with Crippen LogP contribution in [0.25, 0.3) is 0 Å². The highest BCUT2D eigenvalue weighted by atomic mass is 32.1. The van der Waals surface area contributed by atoms with Gasteiger partial charge in [0, 0.05) is 5.38 Å². The van der Waals surface area contributed by atoms with Gasteiger partial charge >= 0.3 is 5.97 Å². The highest BCUT2D eigenvalue weighted by molar-refractivity contribution is 7.09. The van der Waals surface area contributed by atoms with Crippen LogP contribution in [-0.4, -0.2) is 32.2 Å². The Balaban J connectivity index is 1.97. The zero-order chi connectivity index (χ0) is 13.8. The van der Waals surface area contributed by atoms with Gasteiger partial charge in [-0.25, -0.2) is 9.78 Å². The third-order valence-corrected chi connectivity index (χ3v) is 2.96. The number of carboxylic acid groups (broad SMARTS) is 1. The molecule has 2 heterocycles. The van der Waals surface area contributed by atoms with Gasteiger partial charge in [-0.1, -0.05) is 0 Å². The van der Waals surface area contributed by atoms with Crippen LogP contribution in [0.2, 0.25) is 0 Å². The van der Waals surface area contributed by atoms with Gasteiger partial charge in [0.15, 0.2) is 11.4 Å². The summed E-state index contributed by atoms with van der Waals surface area (Å²) in [5.74, 6) is -1.27. The van der Waals surface area contributed by atoms with Crippen molar-refractivity contribution >= 4 is 29.0 Å². The first kappa shape index (κ1) is 12.9. The quantitative estimate of drug-likeness (QED) is 0.719. The number of hydrogen-bond acceptors (Lipinski definition) is 7. The Bertz CT molecular complexity index is 610. The molecule has 0 bridgehead atoms. The Hall–Kier alpha value is -2.55. The summed E-state index contributed by atoms with van der Waals surface area (Å²) >= 11 is 1.23. The molecule has 9 heteroatoms. The molecule has 0 fully saturated rings. The lowest BCUT2D eigenvalue weighted by Crippen LogP contribution is -2.14. The summed E-state index contributed by atoms with van der Waals surface area (Å²) in [6.45, 7) is 0.322. The van der Waals surface area contributed by atoms with Gasteiger partial charge in [0.1, 0.15) is 10.8 Å². The van der Waals surface area contributed by atoms with Gasteiger partial charge in [0.25, 0.3) is 5.91 Å². The molecule has 0 saturated heterocycles. The number of carbonyl (C=O) groups is 2. The molecule has 0 radical (unpaired) electrons. The number of nitrogens with two attached hydrogens (primary N) is 1. The van der Waals surface area contributed by atoms with Crippen LogP contribution < -0.4 is 11.1 Å². The molecule has 0 aliphatic heterocycles. The number of nitrogens with one attached hydrogen (secondary N) is 1. The summed E-state index contributed by atoms with van der Waals surface area (Å²) in [7, 11) is 0. The molecule has 8 nitrogen and oxygen atoms in total. The minimum Gasteiger partial charge on any atom is -0.476 e. The predicted octanol–water partition coefficient (Wildman–Crippen LogP) is 0.342. The number of aromatic carboxylic acids is 1. The molecular formula is C10H9N5O3S. The number of rotatable bonds is 5. The molecule has 2 aromatic rings. The van der Waals surface area contributed by atoms with Gasteiger partial charge in [0.2, 0.25) is 0 Å². The highest BCUT2D eigenvalue weighted by Gasteiger charge is 2.08. The third-order valence-electron chi connectivity index (χ3n) is 2.11. The van der Waals surface area contributed by atoms with Crippen LogP contribution in [-0.2, 0) is 6.54 Å². The number of amides is 1. The topological polar surface area (TPSA) is 131 Å². The van der Waals surface area contributed by atoms with Crippen molar-refractivity contribution in [3.63, 3.8) is 0 Å². The first-order valence-electron chi connectivity index (χ1n) is 5.11. The molecule has 0 unspecified atom stereocenters. The summed E-state index contributed by atoms with van der Waals surface area (Å²) in [4.78, 5) is 25.3. The maximum absolute atomic E-state index is 10.8. The van der Waals surface area contributed by atoms with E-state index in [-0.39, 0.29) is 11.4 Å². The SMILES string of the molecule is NC(=O)c1ccc(NCc2nc(C(=O)O)cs2)nn1. The second-order valence-electron chi connectivity index (χ2n) is 3.45. The standard InChI is InChI=1S/C10H9N5O3S/c11-9(16)5-1-2-7(15-14-5)12-3-8-13-6(4-19-8)10(17)18/h1-2,4H,3H2,(H2,11,16)(H,12,15)(H,17,18). The van der Waals surface area contributed by atoms with E-state index in [2.05, 4.69) is 20.5 Å². The van der Waals surface area contributed by atoms with Crippen molar-refractivity contribution in [1.82, 2.24) is 15.2 Å². The van der Waals surface area contributed by atoms with Crippen molar-refractivity contribution in [2.45, 2.75) is 6.54 Å². The number of hydrogen-bond donors (Lipinski definition) is 3. The molecule has 98 valence electrons. The molecule has 0 aliphatic rings. The fraction of sp³-hybridized carbons (Fsp3) is 0.100. The van der Waals surface area contributed by atoms with E-state index in [1.165, 1.54) is 22.8 Å². The molecular weight excluding hydrogens is 270 g/mol. The average molecular weight is 279 g/mol. The smallest absolute Gasteiger partial charge is 0.355 e. The summed E-state index contributed by atoms with van der Waals surface area (Å²) in [6.07, 6.45) is 0. The monoisotopic (exact) mass is 279 g/mol. The Kier molecular flexibility index (Phi) is 3.66. The molecule has 2 aromatic heterocycles. The van der Waals surface area contributed by atoms with Gasteiger partial charge < -0.3 is 16.2 Å². The van der Waals surface area contributed by atoms with Gasteiger partial charge in [-0.05, 0) is 12.1 Å². The van der Waals surface area contributed by atoms with Crippen molar-refractivity contribution in [1.29, 1.82) is 0 Å². The minimum atomic E-state index is -1.06. The van der Waals surface area contributed by atoms with Gasteiger partial charge in [-0.2, -0.15) is 0 Å². The Morgan fingerprint density at radius 2 is 2.11 bits per heavy atom. The van der Waals surface area contributed by atoms with Gasteiger partial charge in [-0.3, -0.25) is 4.79 Å². The van der Waals surface area contributed by atoms with Crippen molar-refractivity contribution in [2.75, 3.05) is 5.32 Å². The minimum absolute atomic E-state index is 0.0111. The zero-order valence-corrected chi connectivity index (χ0v) is 10.3. The number of carbonyl (C=O) groups excluding carboxylic acids is 1. The predicted molar refractivity (Wildman–Crippen MR) is 66.9 cm³/mol. The molecule has 1 amide bonds. The Labute approximate surface area is 111 Å². The summed E-state index contributed by atoms with van der Waals surface area (Å²) < 4.78 is 0. The third kappa shape index (κ3) is 3.22. The van der Waals surface area contributed by atoms with E-state index in [0.29, 0.717) is 17.4 Å². The zero-order valence-electron chi connectivity index (χ0n) is 9.53. The van der Waals surface area contributed by atoms with E-state index >= 15 is 0 Å². The lowest BCUT2D eigenvalue weighted by atomic mass is 10.4. The van der Waals surface area contributed by atoms with E-state index in [4.69, 9.17) is 10.8 Å². The number of thiazole rings is 1. The van der Waals surface area contributed by atoms with Crippen molar-refractivity contribution in [3.8, 4) is 0 Å². The van der Waals surface area contributed by atoms with Gasteiger partial charge in [0.05, 0.1) is 6.54 Å². The van der Waals surface area contributed by atoms with Crippen LogP contribution >= 0.6 is 11.3 Å². The molecule has 19 heavy (non-hydrogen) atoms. The summed E-state index contributed by atoms with van der Waals surface area (Å²) in [6, 6.07) is 3.00. The fourth-order valence-electron chi connectivity index (χ4n) is 1.21. The first-order chi connectivity index (χ1) is 9.06. The first-order valence-corrected chi connectivity index (χ1v) is 5.99. The second-order valence-corrected chi connectivity index (χ2v) is 4.40. The van der Waals surface area contributed by atoms with Crippen LogP contribution in [0.3, 0.4) is 0 Å². The lowest BCUT2D eigenvalue weighted by molar-refractivity contribution is 0.0691. The van der Waals surface area contributed by atoms with Gasteiger partial charge in [-0.15, -0.1) is 21.5 Å². The average Bonchev–Trinajstić information content (AvgIpc) is 2.86. The van der Waals surface area contributed by atoms with Crippen molar-refractivity contribution in [3.05, 3.63) is 33.9 Å². The molecule has 0 aliphatic carbocycles. The van der Waals surface area contributed by atoms with E-state index in [1.807, 2.05) is 0 Å². The summed E-state index contributed by atoms with van der Waals surface area (Å²) in [5, 5.41) is 21.1. The largest absolute Gasteiger partial charge is 0.476 e. The number of primary amides is 1. The molecule has 0 atom stereocenters. The van der Waals surface area contributed by atoms with Crippen LogP contribution in [0.5, 0.6) is 0 Å². The molecule has 4 N–H and O–H groups in total.